The van der Waals surface area contributed by atoms with Gasteiger partial charge in [-0.15, -0.1) is 11.8 Å². The predicted molar refractivity (Wildman–Crippen MR) is 146 cm³/mol. The number of aromatic nitrogens is 1. The second-order valence-electron chi connectivity index (χ2n) is 9.63. The van der Waals surface area contributed by atoms with Crippen LogP contribution in [-0.4, -0.2) is 92.2 Å². The van der Waals surface area contributed by atoms with E-state index in [0.717, 1.165) is 28.0 Å². The highest BCUT2D eigenvalue weighted by molar-refractivity contribution is 8.00. The molecule has 3 rings (SSSR count). The predicted octanol–water partition coefficient (Wildman–Crippen LogP) is 0.702. The minimum atomic E-state index is -1.44. The zero-order valence-electron chi connectivity index (χ0n) is 22.2. The number of hydrogen-bond donors (Lipinski definition) is 3. The molecule has 2 aliphatic rings. The molecule has 2 aliphatic heterocycles. The molecule has 15 nitrogen and oxygen atoms in total. The fraction of sp³-hybridized carbons (Fsp3) is 0.478. The van der Waals surface area contributed by atoms with Crippen LogP contribution in [0.25, 0.3) is 0 Å². The number of carboxylic acids is 1. The Balaban J connectivity index is 1.76. The number of rotatable bonds is 11. The van der Waals surface area contributed by atoms with Crippen molar-refractivity contribution in [2.45, 2.75) is 51.1 Å². The van der Waals surface area contributed by atoms with Gasteiger partial charge in [-0.25, -0.2) is 14.6 Å². The molecule has 4 N–H and O–H groups in total. The van der Waals surface area contributed by atoms with Crippen molar-refractivity contribution >= 4 is 81.0 Å². The van der Waals surface area contributed by atoms with Crippen LogP contribution < -0.4 is 11.1 Å². The van der Waals surface area contributed by atoms with Crippen LogP contribution in [0.2, 0.25) is 4.34 Å². The number of nitrogen functional groups attached to an aromatic ring is 1. The van der Waals surface area contributed by atoms with E-state index in [-0.39, 0.29) is 32.2 Å². The third kappa shape index (κ3) is 7.95. The summed E-state index contributed by atoms with van der Waals surface area (Å²) in [4.78, 5) is 83.0. The van der Waals surface area contributed by atoms with Gasteiger partial charge in [0.1, 0.15) is 51.6 Å². The number of esters is 2. The first-order valence-corrected chi connectivity index (χ1v) is 14.0. The highest BCUT2D eigenvalue weighted by Gasteiger charge is 2.54. The number of ketones is 1. The lowest BCUT2D eigenvalue weighted by atomic mass is 10.0. The van der Waals surface area contributed by atoms with E-state index >= 15 is 0 Å². The third-order valence-electron chi connectivity index (χ3n) is 5.14. The summed E-state index contributed by atoms with van der Waals surface area (Å²) in [6.07, 6.45) is -0.470. The molecule has 0 aliphatic carbocycles. The summed E-state index contributed by atoms with van der Waals surface area (Å²) in [7, 11) is 0. The highest BCUT2D eigenvalue weighted by atomic mass is 35.5. The lowest BCUT2D eigenvalue weighted by Gasteiger charge is -2.49. The number of oxime groups is 1. The largest absolute Gasteiger partial charge is 0.477 e. The standard InChI is InChI=1S/C23H26ClN5O10S2/c1-9(30)5-11(31)37-6-10-8-40-20-15(19(34)29(20)16(10)21(35)36)26-18(33)14(13-17(24)41-22(25)27-13)28-38-7-12(32)39-23(2,3)4/h15,20H,5-8H2,1-4H3,(H2,25,27)(H,26,33)(H,35,36)/b28-14-/t15-,20-/m1/s1. The average molecular weight is 632 g/mol. The number of carbonyl (C=O) groups is 6. The topological polar surface area (TPSA) is 217 Å². The molecule has 0 spiro atoms. The summed E-state index contributed by atoms with van der Waals surface area (Å²) in [5.41, 5.74) is 4.02. The first kappa shape index (κ1) is 31.8. The van der Waals surface area contributed by atoms with Crippen LogP contribution in [0, 0.1) is 0 Å². The molecule has 1 saturated heterocycles. The Morgan fingerprint density at radius 3 is 2.49 bits per heavy atom. The van der Waals surface area contributed by atoms with Crippen LogP contribution in [-0.2, 0) is 43.1 Å². The molecule has 41 heavy (non-hydrogen) atoms. The number of halogens is 1. The number of carboxylic acid groups (broad SMARTS) is 1. The van der Waals surface area contributed by atoms with Gasteiger partial charge in [0.25, 0.3) is 11.8 Å². The van der Waals surface area contributed by atoms with Gasteiger partial charge in [-0.2, -0.15) is 0 Å². The zero-order valence-corrected chi connectivity index (χ0v) is 24.6. The summed E-state index contributed by atoms with van der Waals surface area (Å²) < 4.78 is 10.1. The van der Waals surface area contributed by atoms with Gasteiger partial charge in [-0.1, -0.05) is 28.1 Å². The fourth-order valence-corrected chi connectivity index (χ4v) is 5.86. The number of thiazole rings is 1. The normalized spacial score (nSPS) is 18.7. The SMILES string of the molecule is CC(=O)CC(=O)OCC1=C(C(=O)O)N2C(=O)[C@@H](NC(=O)/C(=N\OCC(=O)OC(C)(C)C)c3nc(N)sc3Cl)[C@H]2SC1. The van der Waals surface area contributed by atoms with E-state index in [1.807, 2.05) is 0 Å². The van der Waals surface area contributed by atoms with Gasteiger partial charge >= 0.3 is 17.9 Å². The zero-order chi connectivity index (χ0) is 30.6. The molecule has 0 bridgehead atoms. The smallest absolute Gasteiger partial charge is 0.352 e. The molecule has 0 saturated carbocycles. The van der Waals surface area contributed by atoms with Crippen LogP contribution in [0.5, 0.6) is 0 Å². The van der Waals surface area contributed by atoms with E-state index < -0.39 is 77.9 Å². The Hall–Kier alpha value is -3.70. The number of anilines is 1. The van der Waals surface area contributed by atoms with Gasteiger partial charge in [0.15, 0.2) is 10.8 Å². The quantitative estimate of drug-likeness (QED) is 0.101. The van der Waals surface area contributed by atoms with E-state index in [0.29, 0.717) is 0 Å². The van der Waals surface area contributed by atoms with Crippen LogP contribution in [0.1, 0.15) is 39.8 Å². The molecule has 0 aromatic carbocycles. The number of carbonyl (C=O) groups excluding carboxylic acids is 5. The molecular formula is C23H26ClN5O10S2. The van der Waals surface area contributed by atoms with Crippen molar-refractivity contribution in [3.05, 3.63) is 21.3 Å². The van der Waals surface area contributed by atoms with Gasteiger partial charge in [0.2, 0.25) is 6.61 Å². The number of β-lactam (4-membered cyclic amide) rings is 1. The van der Waals surface area contributed by atoms with E-state index in [1.165, 1.54) is 6.92 Å². The number of ether oxygens (including phenoxy) is 2. The Labute approximate surface area is 246 Å². The first-order chi connectivity index (χ1) is 19.1. The molecule has 1 aromatic rings. The summed E-state index contributed by atoms with van der Waals surface area (Å²) in [5, 5.41) is 15.1. The Morgan fingerprint density at radius 2 is 1.93 bits per heavy atom. The lowest BCUT2D eigenvalue weighted by molar-refractivity contribution is -0.160. The van der Waals surface area contributed by atoms with Gasteiger partial charge in [-0.05, 0) is 27.7 Å². The van der Waals surface area contributed by atoms with E-state index in [9.17, 15) is 33.9 Å². The minimum Gasteiger partial charge on any atom is -0.477 e. The maximum absolute atomic E-state index is 13.2. The van der Waals surface area contributed by atoms with Crippen molar-refractivity contribution in [1.29, 1.82) is 0 Å². The van der Waals surface area contributed by atoms with Gasteiger partial charge in [-0.3, -0.25) is 24.1 Å². The monoisotopic (exact) mass is 631 g/mol. The van der Waals surface area contributed by atoms with Crippen LogP contribution in [0.3, 0.4) is 0 Å². The number of aliphatic carboxylic acids is 1. The van der Waals surface area contributed by atoms with E-state index in [1.54, 1.807) is 20.8 Å². The van der Waals surface area contributed by atoms with Crippen molar-refractivity contribution in [3.8, 4) is 0 Å². The van der Waals surface area contributed by atoms with Gasteiger partial charge in [0, 0.05) is 11.3 Å². The van der Waals surface area contributed by atoms with Crippen molar-refractivity contribution < 1.29 is 48.2 Å². The van der Waals surface area contributed by atoms with Crippen LogP contribution in [0.15, 0.2) is 16.4 Å². The summed E-state index contributed by atoms with van der Waals surface area (Å²) in [5.74, 6) is -5.09. The molecule has 1 fully saturated rings. The maximum atomic E-state index is 13.2. The molecule has 222 valence electrons. The van der Waals surface area contributed by atoms with E-state index in [4.69, 9.17) is 31.6 Å². The number of hydrogen-bond acceptors (Lipinski definition) is 14. The second-order valence-corrected chi connectivity index (χ2v) is 12.4. The van der Waals surface area contributed by atoms with Crippen molar-refractivity contribution in [1.82, 2.24) is 15.2 Å². The summed E-state index contributed by atoms with van der Waals surface area (Å²) in [6.45, 7) is 5.10. The lowest BCUT2D eigenvalue weighted by Crippen LogP contribution is -2.71. The highest BCUT2D eigenvalue weighted by Crippen LogP contribution is 2.40. The van der Waals surface area contributed by atoms with Crippen molar-refractivity contribution in [2.24, 2.45) is 5.16 Å². The number of nitrogens with two attached hydrogens (primary N) is 1. The molecule has 2 amide bonds. The van der Waals surface area contributed by atoms with Crippen molar-refractivity contribution in [3.63, 3.8) is 0 Å². The molecule has 1 aromatic heterocycles. The molecule has 2 atom stereocenters. The average Bonchev–Trinajstić information content (AvgIpc) is 3.18. The molecular weight excluding hydrogens is 606 g/mol. The van der Waals surface area contributed by atoms with Crippen LogP contribution in [0.4, 0.5) is 5.13 Å². The minimum absolute atomic E-state index is 0.00840. The number of nitrogens with zero attached hydrogens (tertiary/aromatic N) is 3. The first-order valence-electron chi connectivity index (χ1n) is 11.8. The number of fused-ring (bicyclic) bond motifs is 1. The van der Waals surface area contributed by atoms with Gasteiger partial charge < -0.3 is 30.5 Å². The maximum Gasteiger partial charge on any atom is 0.352 e. The Morgan fingerprint density at radius 1 is 1.24 bits per heavy atom. The fourth-order valence-electron chi connectivity index (χ4n) is 3.60. The Kier molecular flexibility index (Phi) is 9.98. The number of amides is 2. The molecule has 0 radical (unpaired) electrons. The van der Waals surface area contributed by atoms with Crippen LogP contribution >= 0.6 is 34.7 Å². The number of nitrogens with one attached hydrogen (secondary N) is 1. The number of thioether (sulfide) groups is 1. The molecule has 18 heteroatoms. The molecule has 3 heterocycles. The molecule has 0 unspecified atom stereocenters. The Bertz CT molecular complexity index is 1350. The van der Waals surface area contributed by atoms with Crippen molar-refractivity contribution in [2.75, 3.05) is 24.7 Å². The summed E-state index contributed by atoms with van der Waals surface area (Å²) in [6, 6.07) is -1.17. The number of Topliss-reactive ketones (excluding diaryl/α,β-unsaturated/α-hetero) is 1. The van der Waals surface area contributed by atoms with Gasteiger partial charge in [0.05, 0.1) is 0 Å². The third-order valence-corrected chi connectivity index (χ3v) is 7.56. The summed E-state index contributed by atoms with van der Waals surface area (Å²) >= 11 is 8.12. The second kappa shape index (κ2) is 12.9. The van der Waals surface area contributed by atoms with E-state index in [2.05, 4.69) is 15.5 Å².